The maximum Gasteiger partial charge on any atom is 0.147 e. The number of aliphatic imine (C=N–C) groups is 1. The number of nitrogens with zero attached hydrogens (tertiary/aromatic N) is 4. The molecule has 0 bridgehead atoms. The molecule has 1 aliphatic carbocycles. The lowest BCUT2D eigenvalue weighted by molar-refractivity contribution is 0.204. The second-order valence-electron chi connectivity index (χ2n) is 7.91. The Balaban J connectivity index is 1.54. The fourth-order valence-corrected chi connectivity index (χ4v) is 4.20. The number of aliphatic hydroxyl groups excluding tert-OH is 1. The second-order valence-corrected chi connectivity index (χ2v) is 7.91. The lowest BCUT2D eigenvalue weighted by Crippen LogP contribution is -2.52. The monoisotopic (exact) mass is 398 g/mol. The van der Waals surface area contributed by atoms with E-state index >= 15 is 0 Å². The number of nitriles is 1. The zero-order chi connectivity index (χ0) is 20.4. The Bertz CT molecular complexity index is 834. The molecule has 2 heterocycles. The molecule has 0 spiro atoms. The predicted molar refractivity (Wildman–Crippen MR) is 108 cm³/mol. The van der Waals surface area contributed by atoms with Gasteiger partial charge in [0.15, 0.2) is 0 Å². The Labute approximate surface area is 170 Å². The fourth-order valence-electron chi connectivity index (χ4n) is 4.20. The van der Waals surface area contributed by atoms with Crippen molar-refractivity contribution in [3.63, 3.8) is 0 Å². The molecule has 1 saturated carbocycles. The van der Waals surface area contributed by atoms with Crippen molar-refractivity contribution in [2.24, 2.45) is 16.8 Å². The van der Waals surface area contributed by atoms with Crippen molar-refractivity contribution in [3.05, 3.63) is 47.0 Å². The molecule has 2 aliphatic heterocycles. The van der Waals surface area contributed by atoms with Gasteiger partial charge in [0, 0.05) is 25.6 Å². The summed E-state index contributed by atoms with van der Waals surface area (Å²) in [6.45, 7) is 1.84. The minimum absolute atomic E-state index is 0.0420. The topological polar surface area (TPSA) is 101 Å². The van der Waals surface area contributed by atoms with Crippen LogP contribution < -0.4 is 11.2 Å². The average Bonchev–Trinajstić information content (AvgIpc) is 3.58. The number of nitrogens with one attached hydrogen (secondary N) is 1. The highest BCUT2D eigenvalue weighted by atomic mass is 19.1. The Morgan fingerprint density at radius 2 is 1.90 bits per heavy atom. The van der Waals surface area contributed by atoms with E-state index in [0.29, 0.717) is 35.6 Å². The van der Waals surface area contributed by atoms with E-state index in [1.807, 2.05) is 12.1 Å². The van der Waals surface area contributed by atoms with E-state index in [-0.39, 0.29) is 18.6 Å². The molecule has 1 atom stereocenters. The van der Waals surface area contributed by atoms with Crippen LogP contribution in [0.1, 0.15) is 37.2 Å². The quantitative estimate of drug-likeness (QED) is 0.652. The molecule has 7 nitrogen and oxygen atoms in total. The molecule has 0 radical (unpaired) electrons. The predicted octanol–water partition coefficient (Wildman–Crippen LogP) is 1.65. The van der Waals surface area contributed by atoms with Crippen molar-refractivity contribution >= 4 is 5.84 Å². The molecule has 1 unspecified atom stereocenters. The van der Waals surface area contributed by atoms with Crippen molar-refractivity contribution in [2.75, 3.05) is 26.2 Å². The van der Waals surface area contributed by atoms with Gasteiger partial charge < -0.3 is 15.3 Å². The highest BCUT2D eigenvalue weighted by Crippen LogP contribution is 2.39. The van der Waals surface area contributed by atoms with E-state index in [9.17, 15) is 14.8 Å². The van der Waals surface area contributed by atoms with Gasteiger partial charge >= 0.3 is 0 Å². The van der Waals surface area contributed by atoms with Gasteiger partial charge in [-0.2, -0.15) is 5.26 Å². The summed E-state index contributed by atoms with van der Waals surface area (Å²) in [5, 5.41) is 23.7. The summed E-state index contributed by atoms with van der Waals surface area (Å²) >= 11 is 0. The highest BCUT2D eigenvalue weighted by molar-refractivity contribution is 6.03. The Hall–Kier alpha value is -2.63. The molecule has 2 fully saturated rings. The normalized spacial score (nSPS) is 23.1. The van der Waals surface area contributed by atoms with Crippen LogP contribution in [-0.2, 0) is 0 Å². The van der Waals surface area contributed by atoms with E-state index in [4.69, 9.17) is 10.8 Å². The maximum atomic E-state index is 13.2. The van der Waals surface area contributed by atoms with E-state index in [2.05, 4.69) is 16.3 Å². The molecule has 154 valence electrons. The summed E-state index contributed by atoms with van der Waals surface area (Å²) in [7, 11) is 0. The molecule has 1 aromatic rings. The van der Waals surface area contributed by atoms with Gasteiger partial charge in [0.2, 0.25) is 0 Å². The first kappa shape index (κ1) is 19.7. The van der Waals surface area contributed by atoms with Gasteiger partial charge in [0.1, 0.15) is 35.3 Å². The van der Waals surface area contributed by atoms with E-state index in [1.165, 1.54) is 12.1 Å². The first-order valence-corrected chi connectivity index (χ1v) is 10.2. The summed E-state index contributed by atoms with van der Waals surface area (Å²) in [6.07, 6.45) is 3.82. The van der Waals surface area contributed by atoms with E-state index < -0.39 is 0 Å². The number of hydrogen-bond acceptors (Lipinski definition) is 7. The molecule has 0 amide bonds. The first-order chi connectivity index (χ1) is 14.1. The van der Waals surface area contributed by atoms with E-state index in [0.717, 1.165) is 44.3 Å². The van der Waals surface area contributed by atoms with Crippen molar-refractivity contribution < 1.29 is 9.50 Å². The SMILES string of the molecule is N#CC1=C(NCCO)N(N)C(C2CC2)N=C1N1CCC(c2ccc(F)cc2)CC1. The molecule has 0 aromatic heterocycles. The number of aliphatic hydroxyl groups is 1. The minimum atomic E-state index is -0.216. The van der Waals surface area contributed by atoms with Crippen molar-refractivity contribution in [2.45, 2.75) is 37.8 Å². The first-order valence-electron chi connectivity index (χ1n) is 10.2. The maximum absolute atomic E-state index is 13.2. The number of rotatable bonds is 5. The van der Waals surface area contributed by atoms with Crippen molar-refractivity contribution in [1.82, 2.24) is 15.2 Å². The van der Waals surface area contributed by atoms with Crippen LogP contribution >= 0.6 is 0 Å². The molecular formula is C21H27FN6O. The number of piperidine rings is 1. The van der Waals surface area contributed by atoms with Crippen LogP contribution in [0.3, 0.4) is 0 Å². The number of hydrogen-bond donors (Lipinski definition) is 3. The Morgan fingerprint density at radius 3 is 2.48 bits per heavy atom. The summed E-state index contributed by atoms with van der Waals surface area (Å²) in [5.74, 6) is 8.10. The number of halogens is 1. The van der Waals surface area contributed by atoms with Gasteiger partial charge in [0.25, 0.3) is 0 Å². The third-order valence-corrected chi connectivity index (χ3v) is 5.95. The van der Waals surface area contributed by atoms with Gasteiger partial charge in [-0.05, 0) is 49.3 Å². The van der Waals surface area contributed by atoms with Gasteiger partial charge in [-0.1, -0.05) is 12.1 Å². The van der Waals surface area contributed by atoms with Gasteiger partial charge in [-0.15, -0.1) is 0 Å². The van der Waals surface area contributed by atoms with E-state index in [1.54, 1.807) is 5.01 Å². The van der Waals surface area contributed by atoms with Gasteiger partial charge in [-0.3, -0.25) is 5.01 Å². The van der Waals surface area contributed by atoms with Crippen LogP contribution in [0.2, 0.25) is 0 Å². The molecule has 1 saturated heterocycles. The minimum Gasteiger partial charge on any atom is -0.395 e. The zero-order valence-electron chi connectivity index (χ0n) is 16.4. The lowest BCUT2D eigenvalue weighted by Gasteiger charge is -2.40. The number of hydrazine groups is 1. The Morgan fingerprint density at radius 1 is 1.21 bits per heavy atom. The fraction of sp³-hybridized carbons (Fsp3) is 0.524. The molecule has 4 N–H and O–H groups in total. The van der Waals surface area contributed by atoms with Gasteiger partial charge in [0.05, 0.1) is 6.61 Å². The van der Waals surface area contributed by atoms with Crippen LogP contribution in [0, 0.1) is 23.1 Å². The number of likely N-dealkylation sites (tertiary alicyclic amines) is 1. The third-order valence-electron chi connectivity index (χ3n) is 5.95. The summed E-state index contributed by atoms with van der Waals surface area (Å²) in [5.41, 5.74) is 1.58. The van der Waals surface area contributed by atoms with Crippen molar-refractivity contribution in [3.8, 4) is 6.07 Å². The summed E-state index contributed by atoms with van der Waals surface area (Å²) in [4.78, 5) is 7.05. The van der Waals surface area contributed by atoms with Gasteiger partial charge in [-0.25, -0.2) is 15.2 Å². The zero-order valence-corrected chi connectivity index (χ0v) is 16.4. The molecule has 1 aromatic carbocycles. The summed E-state index contributed by atoms with van der Waals surface area (Å²) in [6, 6.07) is 9.02. The number of amidine groups is 1. The smallest absolute Gasteiger partial charge is 0.147 e. The molecule has 8 heteroatoms. The molecular weight excluding hydrogens is 371 g/mol. The van der Waals surface area contributed by atoms with Crippen LogP contribution in [0.25, 0.3) is 0 Å². The number of nitrogens with two attached hydrogens (primary N) is 1. The highest BCUT2D eigenvalue weighted by Gasteiger charge is 2.41. The van der Waals surface area contributed by atoms with Crippen molar-refractivity contribution in [1.29, 1.82) is 5.26 Å². The molecule has 4 rings (SSSR count). The van der Waals surface area contributed by atoms with Crippen LogP contribution in [-0.4, -0.2) is 53.3 Å². The lowest BCUT2D eigenvalue weighted by atomic mass is 9.89. The standard InChI is InChI=1S/C21H27FN6O/c22-17-5-3-14(4-6-17)15-7-10-27(11-8-15)21-18(13-23)20(25-9-12-29)28(24)19(26-21)16-1-2-16/h3-6,15-16,19,25,29H,1-2,7-12,24H2. The largest absolute Gasteiger partial charge is 0.395 e. The summed E-state index contributed by atoms with van der Waals surface area (Å²) < 4.78 is 13.2. The van der Waals surface area contributed by atoms with Crippen LogP contribution in [0.5, 0.6) is 0 Å². The second kappa shape index (κ2) is 8.39. The van der Waals surface area contributed by atoms with Crippen LogP contribution in [0.15, 0.2) is 40.7 Å². The third kappa shape index (κ3) is 4.07. The van der Waals surface area contributed by atoms with Crippen LogP contribution in [0.4, 0.5) is 4.39 Å². The average molecular weight is 398 g/mol. The Kier molecular flexibility index (Phi) is 5.69. The molecule has 3 aliphatic rings. The molecule has 29 heavy (non-hydrogen) atoms. The number of benzene rings is 1.